The lowest BCUT2D eigenvalue weighted by molar-refractivity contribution is 0.149. The number of anilines is 3. The molecule has 1 aliphatic rings. The van der Waals surface area contributed by atoms with Crippen LogP contribution in [0.4, 0.5) is 17.7 Å². The Morgan fingerprint density at radius 3 is 2.69 bits per heavy atom. The van der Waals surface area contributed by atoms with Crippen molar-refractivity contribution < 1.29 is 4.42 Å². The molecule has 1 fully saturated rings. The Bertz CT molecular complexity index is 1870. The van der Waals surface area contributed by atoms with Crippen LogP contribution in [0.3, 0.4) is 0 Å². The molecule has 0 saturated carbocycles. The Morgan fingerprint density at radius 1 is 1.14 bits per heavy atom. The first-order chi connectivity index (χ1) is 20.2. The highest BCUT2D eigenvalue weighted by Gasteiger charge is 2.26. The van der Waals surface area contributed by atoms with Crippen LogP contribution >= 0.6 is 0 Å². The molecule has 216 valence electrons. The fraction of sp³-hybridized carbons (Fsp3) is 0.323. The normalized spacial score (nSPS) is 14.7. The van der Waals surface area contributed by atoms with Gasteiger partial charge < -0.3 is 30.7 Å². The molecular weight excluding hydrogens is 530 g/mol. The van der Waals surface area contributed by atoms with Crippen LogP contribution in [-0.2, 0) is 6.54 Å². The lowest BCUT2D eigenvalue weighted by Gasteiger charge is -2.36. The van der Waals surface area contributed by atoms with Crippen molar-refractivity contribution in [2.24, 2.45) is 0 Å². The summed E-state index contributed by atoms with van der Waals surface area (Å²) in [5.74, 6) is 0.579. The third kappa shape index (κ3) is 4.96. The summed E-state index contributed by atoms with van der Waals surface area (Å²) < 4.78 is 7.34. The summed E-state index contributed by atoms with van der Waals surface area (Å²) in [4.78, 5) is 29.3. The molecule has 42 heavy (non-hydrogen) atoms. The van der Waals surface area contributed by atoms with E-state index in [4.69, 9.17) is 21.3 Å². The van der Waals surface area contributed by atoms with E-state index in [0.717, 1.165) is 48.0 Å². The SMILES string of the molecule is Cc1cccc2cc(CNc3ncnc(N)c3C(=N)c3ccc4oc(N)nc4c3)n(C3CCN(C(C)C)CC3)c(=O)c12. The van der Waals surface area contributed by atoms with Crippen LogP contribution in [-0.4, -0.2) is 49.3 Å². The molecule has 5 aromatic rings. The smallest absolute Gasteiger partial charge is 0.292 e. The molecule has 2 aromatic carbocycles. The second kappa shape index (κ2) is 10.9. The number of piperidine rings is 1. The summed E-state index contributed by atoms with van der Waals surface area (Å²) in [5, 5.41) is 14.0. The Balaban J connectivity index is 1.36. The third-order valence-electron chi connectivity index (χ3n) is 8.22. The summed E-state index contributed by atoms with van der Waals surface area (Å²) in [7, 11) is 0. The Hall–Kier alpha value is -4.77. The first kappa shape index (κ1) is 27.4. The highest BCUT2D eigenvalue weighted by atomic mass is 16.4. The van der Waals surface area contributed by atoms with Crippen molar-refractivity contribution >= 4 is 45.2 Å². The van der Waals surface area contributed by atoms with E-state index < -0.39 is 0 Å². The van der Waals surface area contributed by atoms with Gasteiger partial charge in [-0.25, -0.2) is 9.97 Å². The molecule has 6 rings (SSSR count). The molecule has 0 spiro atoms. The number of fused-ring (bicyclic) bond motifs is 2. The lowest BCUT2D eigenvalue weighted by atomic mass is 10.00. The number of hydrogen-bond acceptors (Lipinski definition) is 10. The maximum Gasteiger partial charge on any atom is 0.292 e. The van der Waals surface area contributed by atoms with Gasteiger partial charge in [0.2, 0.25) is 0 Å². The Labute approximate surface area is 243 Å². The molecule has 0 amide bonds. The summed E-state index contributed by atoms with van der Waals surface area (Å²) in [5.41, 5.74) is 16.0. The van der Waals surface area contributed by atoms with Crippen molar-refractivity contribution in [1.29, 1.82) is 5.41 Å². The average molecular weight is 566 g/mol. The number of nitrogens with two attached hydrogens (primary N) is 2. The summed E-state index contributed by atoms with van der Waals surface area (Å²) in [6.07, 6.45) is 3.16. The van der Waals surface area contributed by atoms with Gasteiger partial charge in [-0.3, -0.25) is 10.2 Å². The van der Waals surface area contributed by atoms with E-state index in [1.807, 2.05) is 29.7 Å². The van der Waals surface area contributed by atoms with Gasteiger partial charge in [0, 0.05) is 36.4 Å². The van der Waals surface area contributed by atoms with E-state index in [0.29, 0.717) is 40.6 Å². The van der Waals surface area contributed by atoms with Crippen LogP contribution < -0.4 is 22.3 Å². The number of benzene rings is 2. The van der Waals surface area contributed by atoms with Crippen molar-refractivity contribution in [1.82, 2.24) is 24.4 Å². The molecule has 4 heterocycles. The van der Waals surface area contributed by atoms with Gasteiger partial charge in [-0.15, -0.1) is 0 Å². The molecule has 6 N–H and O–H groups in total. The van der Waals surface area contributed by atoms with Crippen LogP contribution in [0.15, 0.2) is 58.0 Å². The van der Waals surface area contributed by atoms with Crippen LogP contribution in [0.25, 0.3) is 21.9 Å². The molecule has 0 aliphatic carbocycles. The number of aromatic nitrogens is 4. The maximum atomic E-state index is 14.0. The molecule has 3 aromatic heterocycles. The molecule has 0 atom stereocenters. The minimum Gasteiger partial charge on any atom is -0.424 e. The largest absolute Gasteiger partial charge is 0.424 e. The standard InChI is InChI=1S/C31H35N9O2/c1-17(2)39-11-9-21(10-12-39)40-22(13-19-6-4-5-18(3)25(19)30(40)41)15-35-29-26(28(33)36-16-37-29)27(32)20-7-8-24-23(14-20)38-31(34)42-24/h4-8,13-14,16-17,21,32H,9-12,15H2,1-3H3,(H2,34,38)(H3,33,35,36,37). The van der Waals surface area contributed by atoms with E-state index in [2.05, 4.69) is 45.1 Å². The van der Waals surface area contributed by atoms with E-state index in [-0.39, 0.29) is 29.1 Å². The number of nitrogens with zero attached hydrogens (tertiary/aromatic N) is 5. The van der Waals surface area contributed by atoms with Crippen molar-refractivity contribution in [2.45, 2.75) is 52.2 Å². The van der Waals surface area contributed by atoms with E-state index in [1.54, 1.807) is 18.2 Å². The van der Waals surface area contributed by atoms with Crippen molar-refractivity contribution in [3.63, 3.8) is 0 Å². The van der Waals surface area contributed by atoms with Gasteiger partial charge in [0.05, 0.1) is 23.2 Å². The second-order valence-electron chi connectivity index (χ2n) is 11.2. The number of aryl methyl sites for hydroxylation is 1. The highest BCUT2D eigenvalue weighted by molar-refractivity contribution is 6.17. The highest BCUT2D eigenvalue weighted by Crippen LogP contribution is 2.28. The number of rotatable bonds is 7. The zero-order chi connectivity index (χ0) is 29.5. The number of nitrogen functional groups attached to an aromatic ring is 2. The van der Waals surface area contributed by atoms with Crippen LogP contribution in [0.2, 0.25) is 0 Å². The number of oxazole rings is 1. The molecular formula is C31H35N9O2. The van der Waals surface area contributed by atoms with Gasteiger partial charge in [0.1, 0.15) is 23.5 Å². The van der Waals surface area contributed by atoms with Gasteiger partial charge in [-0.1, -0.05) is 18.2 Å². The number of nitrogens with one attached hydrogen (secondary N) is 2. The van der Waals surface area contributed by atoms with Gasteiger partial charge in [0.15, 0.2) is 5.58 Å². The number of pyridine rings is 1. The van der Waals surface area contributed by atoms with Crippen LogP contribution in [0, 0.1) is 12.3 Å². The minimum absolute atomic E-state index is 0.0285. The predicted molar refractivity (Wildman–Crippen MR) is 166 cm³/mol. The molecule has 0 radical (unpaired) electrons. The minimum atomic E-state index is 0.0285. The van der Waals surface area contributed by atoms with Crippen LogP contribution in [0.5, 0.6) is 0 Å². The molecule has 11 nitrogen and oxygen atoms in total. The summed E-state index contributed by atoms with van der Waals surface area (Å²) >= 11 is 0. The summed E-state index contributed by atoms with van der Waals surface area (Å²) in [6.45, 7) is 8.61. The first-order valence-electron chi connectivity index (χ1n) is 14.2. The molecule has 0 bridgehead atoms. The Morgan fingerprint density at radius 2 is 1.93 bits per heavy atom. The van der Waals surface area contributed by atoms with Crippen molar-refractivity contribution in [3.8, 4) is 0 Å². The first-order valence-corrected chi connectivity index (χ1v) is 14.2. The molecule has 0 unspecified atom stereocenters. The van der Waals surface area contributed by atoms with Gasteiger partial charge in [0.25, 0.3) is 11.6 Å². The van der Waals surface area contributed by atoms with Gasteiger partial charge in [-0.2, -0.15) is 4.98 Å². The molecule has 1 aliphatic heterocycles. The second-order valence-corrected chi connectivity index (χ2v) is 11.2. The fourth-order valence-corrected chi connectivity index (χ4v) is 6.00. The topological polar surface area (TPSA) is 165 Å². The van der Waals surface area contributed by atoms with Crippen molar-refractivity contribution in [3.05, 3.63) is 81.5 Å². The summed E-state index contributed by atoms with van der Waals surface area (Å²) in [6, 6.07) is 13.8. The molecule has 1 saturated heterocycles. The van der Waals surface area contributed by atoms with Crippen LogP contribution in [0.1, 0.15) is 55.1 Å². The Kier molecular flexibility index (Phi) is 7.11. The van der Waals surface area contributed by atoms with Gasteiger partial charge in [-0.05, 0) is 68.8 Å². The van der Waals surface area contributed by atoms with Gasteiger partial charge >= 0.3 is 0 Å². The van der Waals surface area contributed by atoms with Crippen molar-refractivity contribution in [2.75, 3.05) is 29.9 Å². The predicted octanol–water partition coefficient (Wildman–Crippen LogP) is 4.48. The third-order valence-corrected chi connectivity index (χ3v) is 8.22. The molecule has 11 heteroatoms. The number of likely N-dealkylation sites (tertiary alicyclic amines) is 1. The zero-order valence-corrected chi connectivity index (χ0v) is 24.0. The monoisotopic (exact) mass is 565 g/mol. The quantitative estimate of drug-likeness (QED) is 0.208. The van der Waals surface area contributed by atoms with E-state index in [9.17, 15) is 4.79 Å². The number of hydrogen-bond donors (Lipinski definition) is 4. The van der Waals surface area contributed by atoms with E-state index >= 15 is 0 Å². The fourth-order valence-electron chi connectivity index (χ4n) is 6.00. The van der Waals surface area contributed by atoms with E-state index in [1.165, 1.54) is 6.33 Å². The average Bonchev–Trinajstić information content (AvgIpc) is 3.35. The maximum absolute atomic E-state index is 14.0. The lowest BCUT2D eigenvalue weighted by Crippen LogP contribution is -2.41. The zero-order valence-electron chi connectivity index (χ0n) is 24.0.